The van der Waals surface area contributed by atoms with Gasteiger partial charge in [-0.25, -0.2) is 4.98 Å². The van der Waals surface area contributed by atoms with Gasteiger partial charge in [0.25, 0.3) is 0 Å². The number of hydrogen-bond acceptors (Lipinski definition) is 4. The number of nitriles is 1. The Kier molecular flexibility index (Phi) is 7.00. The van der Waals surface area contributed by atoms with Crippen molar-refractivity contribution in [1.82, 2.24) is 10.3 Å². The van der Waals surface area contributed by atoms with Crippen molar-refractivity contribution in [3.8, 4) is 6.07 Å². The third kappa shape index (κ3) is 5.76. The van der Waals surface area contributed by atoms with E-state index >= 15 is 0 Å². The smallest absolute Gasteiger partial charge is 0.144 e. The summed E-state index contributed by atoms with van der Waals surface area (Å²) in [7, 11) is 0. The molecule has 0 aliphatic heterocycles. The fourth-order valence-electron chi connectivity index (χ4n) is 1.52. The van der Waals surface area contributed by atoms with E-state index in [1.54, 1.807) is 6.20 Å². The molecule has 18 heavy (non-hydrogen) atoms. The zero-order chi connectivity index (χ0) is 13.2. The van der Waals surface area contributed by atoms with E-state index in [0.717, 1.165) is 31.7 Å². The summed E-state index contributed by atoms with van der Waals surface area (Å²) in [6, 6.07) is 5.87. The Labute approximate surface area is 109 Å². The molecule has 0 unspecified atom stereocenters. The molecule has 0 spiro atoms. The molecule has 0 aliphatic carbocycles. The van der Waals surface area contributed by atoms with Crippen LogP contribution in [0.25, 0.3) is 0 Å². The van der Waals surface area contributed by atoms with Gasteiger partial charge in [0.05, 0.1) is 0 Å². The third-order valence-corrected chi connectivity index (χ3v) is 2.41. The molecule has 1 aromatic heterocycles. The molecule has 4 heteroatoms. The highest BCUT2D eigenvalue weighted by molar-refractivity contribution is 5.30. The molecule has 4 nitrogen and oxygen atoms in total. The second-order valence-corrected chi connectivity index (χ2v) is 4.62. The number of nitrogens with one attached hydrogen (secondary N) is 1. The van der Waals surface area contributed by atoms with Gasteiger partial charge in [0.2, 0.25) is 0 Å². The Morgan fingerprint density at radius 1 is 1.50 bits per heavy atom. The van der Waals surface area contributed by atoms with Gasteiger partial charge in [-0.2, -0.15) is 5.26 Å². The van der Waals surface area contributed by atoms with E-state index in [2.05, 4.69) is 30.2 Å². The van der Waals surface area contributed by atoms with E-state index < -0.39 is 0 Å². The van der Waals surface area contributed by atoms with Crippen molar-refractivity contribution in [3.05, 3.63) is 29.6 Å². The minimum absolute atomic E-state index is 0.501. The molecule has 0 aliphatic rings. The Morgan fingerprint density at radius 2 is 2.33 bits per heavy atom. The predicted octanol–water partition coefficient (Wildman–Crippen LogP) is 2.11. The third-order valence-electron chi connectivity index (χ3n) is 2.41. The number of ether oxygens (including phenoxy) is 1. The normalized spacial score (nSPS) is 10.6. The maximum absolute atomic E-state index is 8.88. The van der Waals surface area contributed by atoms with Gasteiger partial charge >= 0.3 is 0 Å². The fraction of sp³-hybridized carbons (Fsp3) is 0.571. The van der Waals surface area contributed by atoms with Crippen molar-refractivity contribution in [1.29, 1.82) is 5.26 Å². The summed E-state index contributed by atoms with van der Waals surface area (Å²) < 4.78 is 5.49. The summed E-state index contributed by atoms with van der Waals surface area (Å²) in [5.41, 5.74) is 1.45. The van der Waals surface area contributed by atoms with Crippen LogP contribution in [0.15, 0.2) is 18.3 Å². The minimum Gasteiger partial charge on any atom is -0.381 e. The molecule has 0 atom stereocenters. The Hall–Kier alpha value is -1.44. The number of rotatable bonds is 8. The molecule has 0 aromatic carbocycles. The predicted molar refractivity (Wildman–Crippen MR) is 70.9 cm³/mol. The van der Waals surface area contributed by atoms with Crippen molar-refractivity contribution < 1.29 is 4.74 Å². The quantitative estimate of drug-likeness (QED) is 0.715. The maximum Gasteiger partial charge on any atom is 0.144 e. The summed E-state index contributed by atoms with van der Waals surface area (Å²) in [5, 5.41) is 12.2. The second kappa shape index (κ2) is 8.62. The van der Waals surface area contributed by atoms with Gasteiger partial charge in [0, 0.05) is 31.5 Å². The molecule has 0 radical (unpaired) electrons. The van der Waals surface area contributed by atoms with Crippen LogP contribution >= 0.6 is 0 Å². The molecular weight excluding hydrogens is 226 g/mol. The van der Waals surface area contributed by atoms with Gasteiger partial charge in [-0.1, -0.05) is 19.9 Å². The zero-order valence-corrected chi connectivity index (χ0v) is 11.1. The van der Waals surface area contributed by atoms with E-state index in [0.29, 0.717) is 18.2 Å². The highest BCUT2D eigenvalue weighted by atomic mass is 16.5. The summed E-state index contributed by atoms with van der Waals surface area (Å²) in [6.45, 7) is 7.46. The van der Waals surface area contributed by atoms with Crippen molar-refractivity contribution in [2.24, 2.45) is 5.92 Å². The van der Waals surface area contributed by atoms with Gasteiger partial charge in [0.15, 0.2) is 0 Å². The minimum atomic E-state index is 0.501. The van der Waals surface area contributed by atoms with Gasteiger partial charge < -0.3 is 10.1 Å². The standard InChI is InChI=1S/C14H21N3O/c1-12(2)11-18-8-4-6-16-10-13-5-3-7-17-14(13)9-15/h3,5,7,12,16H,4,6,8,10-11H2,1-2H3. The summed E-state index contributed by atoms with van der Waals surface area (Å²) in [6.07, 6.45) is 2.62. The fourth-order valence-corrected chi connectivity index (χ4v) is 1.52. The number of nitrogens with zero attached hydrogens (tertiary/aromatic N) is 2. The number of aromatic nitrogens is 1. The lowest BCUT2D eigenvalue weighted by atomic mass is 10.2. The van der Waals surface area contributed by atoms with E-state index in [4.69, 9.17) is 10.00 Å². The highest BCUT2D eigenvalue weighted by Gasteiger charge is 2.01. The first-order valence-corrected chi connectivity index (χ1v) is 6.36. The largest absolute Gasteiger partial charge is 0.381 e. The Balaban J connectivity index is 2.13. The molecule has 0 bridgehead atoms. The highest BCUT2D eigenvalue weighted by Crippen LogP contribution is 2.02. The maximum atomic E-state index is 8.88. The van der Waals surface area contributed by atoms with Gasteiger partial charge in [-0.3, -0.25) is 0 Å². The molecule has 0 amide bonds. The van der Waals surface area contributed by atoms with Crippen molar-refractivity contribution in [2.45, 2.75) is 26.8 Å². The molecule has 1 aromatic rings. The van der Waals surface area contributed by atoms with Crippen LogP contribution in [0.3, 0.4) is 0 Å². The first kappa shape index (κ1) is 14.6. The lowest BCUT2D eigenvalue weighted by Gasteiger charge is -2.08. The van der Waals surface area contributed by atoms with E-state index in [1.165, 1.54) is 0 Å². The average Bonchev–Trinajstić information content (AvgIpc) is 2.37. The van der Waals surface area contributed by atoms with Crippen LogP contribution in [0.1, 0.15) is 31.5 Å². The first-order valence-electron chi connectivity index (χ1n) is 6.36. The van der Waals surface area contributed by atoms with Crippen LogP contribution in [0.5, 0.6) is 0 Å². The van der Waals surface area contributed by atoms with E-state index in [-0.39, 0.29) is 0 Å². The van der Waals surface area contributed by atoms with Crippen LogP contribution in [0, 0.1) is 17.2 Å². The SMILES string of the molecule is CC(C)COCCCNCc1cccnc1C#N. The molecule has 0 fully saturated rings. The summed E-state index contributed by atoms with van der Waals surface area (Å²) >= 11 is 0. The monoisotopic (exact) mass is 247 g/mol. The van der Waals surface area contributed by atoms with Gasteiger partial charge in [-0.15, -0.1) is 0 Å². The molecule has 1 N–H and O–H groups in total. The van der Waals surface area contributed by atoms with Crippen LogP contribution in [0.4, 0.5) is 0 Å². The summed E-state index contributed by atoms with van der Waals surface area (Å²) in [4.78, 5) is 4.02. The van der Waals surface area contributed by atoms with Crippen LogP contribution in [-0.4, -0.2) is 24.7 Å². The molecule has 0 saturated heterocycles. The van der Waals surface area contributed by atoms with Crippen molar-refractivity contribution in [3.63, 3.8) is 0 Å². The lowest BCUT2D eigenvalue weighted by molar-refractivity contribution is 0.108. The second-order valence-electron chi connectivity index (χ2n) is 4.62. The topological polar surface area (TPSA) is 57.9 Å². The lowest BCUT2D eigenvalue weighted by Crippen LogP contribution is -2.17. The zero-order valence-electron chi connectivity index (χ0n) is 11.1. The van der Waals surface area contributed by atoms with Gasteiger partial charge in [-0.05, 0) is 24.9 Å². The molecule has 0 saturated carbocycles. The molecule has 1 rings (SSSR count). The Morgan fingerprint density at radius 3 is 3.06 bits per heavy atom. The average molecular weight is 247 g/mol. The number of pyridine rings is 1. The van der Waals surface area contributed by atoms with Crippen molar-refractivity contribution >= 4 is 0 Å². The van der Waals surface area contributed by atoms with Crippen LogP contribution in [-0.2, 0) is 11.3 Å². The summed E-state index contributed by atoms with van der Waals surface area (Å²) in [5.74, 6) is 0.589. The first-order chi connectivity index (χ1) is 8.74. The van der Waals surface area contributed by atoms with Gasteiger partial charge in [0.1, 0.15) is 11.8 Å². The van der Waals surface area contributed by atoms with E-state index in [9.17, 15) is 0 Å². The van der Waals surface area contributed by atoms with Crippen molar-refractivity contribution in [2.75, 3.05) is 19.8 Å². The van der Waals surface area contributed by atoms with E-state index in [1.807, 2.05) is 12.1 Å². The molecular formula is C14H21N3O. The van der Waals surface area contributed by atoms with Crippen LogP contribution < -0.4 is 5.32 Å². The Bertz CT molecular complexity index is 385. The van der Waals surface area contributed by atoms with Crippen LogP contribution in [0.2, 0.25) is 0 Å². The molecule has 98 valence electrons. The number of hydrogen-bond donors (Lipinski definition) is 1. The molecule has 1 heterocycles.